The van der Waals surface area contributed by atoms with Gasteiger partial charge in [-0.1, -0.05) is 25.5 Å². The summed E-state index contributed by atoms with van der Waals surface area (Å²) in [6.45, 7) is 7.30. The van der Waals surface area contributed by atoms with Crippen LogP contribution < -0.4 is 15.4 Å². The third kappa shape index (κ3) is 6.49. The molecule has 0 saturated heterocycles. The van der Waals surface area contributed by atoms with Crippen molar-refractivity contribution in [2.24, 2.45) is 0 Å². The molecule has 0 saturated carbocycles. The van der Waals surface area contributed by atoms with Gasteiger partial charge in [-0.2, -0.15) is 0 Å². The minimum absolute atomic E-state index is 0.267. The van der Waals surface area contributed by atoms with Crippen LogP contribution in [0.25, 0.3) is 0 Å². The molecule has 1 atom stereocenters. The molecule has 2 amide bonds. The molecule has 0 heterocycles. The van der Waals surface area contributed by atoms with E-state index < -0.39 is 6.10 Å². The van der Waals surface area contributed by atoms with Crippen molar-refractivity contribution < 1.29 is 14.6 Å². The van der Waals surface area contributed by atoms with Crippen molar-refractivity contribution in [1.29, 1.82) is 0 Å². The second-order valence-corrected chi connectivity index (χ2v) is 5.04. The number of urea groups is 1. The predicted octanol–water partition coefficient (Wildman–Crippen LogP) is 2.35. The van der Waals surface area contributed by atoms with Crippen LogP contribution in [-0.4, -0.2) is 30.4 Å². The first-order chi connectivity index (χ1) is 10.1. The second kappa shape index (κ2) is 9.23. The molecule has 0 aliphatic heterocycles. The Kier molecular flexibility index (Phi) is 7.61. The summed E-state index contributed by atoms with van der Waals surface area (Å²) in [5.74, 6) is 0.869. The van der Waals surface area contributed by atoms with Gasteiger partial charge in [0.25, 0.3) is 0 Å². The van der Waals surface area contributed by atoms with Crippen molar-refractivity contribution in [2.75, 3.05) is 13.2 Å². The lowest BCUT2D eigenvalue weighted by molar-refractivity contribution is 0.160. The SMILES string of the molecule is CCCC(O)CNC(=O)NCc1ccc(OCC)c(C)c1. The van der Waals surface area contributed by atoms with Crippen LogP contribution in [0.5, 0.6) is 5.75 Å². The summed E-state index contributed by atoms with van der Waals surface area (Å²) < 4.78 is 5.48. The van der Waals surface area contributed by atoms with Crippen LogP contribution >= 0.6 is 0 Å². The van der Waals surface area contributed by atoms with Crippen LogP contribution in [0.1, 0.15) is 37.8 Å². The molecule has 21 heavy (non-hydrogen) atoms. The van der Waals surface area contributed by atoms with E-state index >= 15 is 0 Å². The zero-order valence-corrected chi connectivity index (χ0v) is 13.1. The summed E-state index contributed by atoms with van der Waals surface area (Å²) in [7, 11) is 0. The zero-order valence-electron chi connectivity index (χ0n) is 13.1. The first-order valence-electron chi connectivity index (χ1n) is 7.48. The average Bonchev–Trinajstić information content (AvgIpc) is 2.46. The minimum Gasteiger partial charge on any atom is -0.494 e. The van der Waals surface area contributed by atoms with E-state index in [1.54, 1.807) is 0 Å². The highest BCUT2D eigenvalue weighted by atomic mass is 16.5. The maximum absolute atomic E-state index is 11.6. The molecule has 1 aromatic carbocycles. The molecular formula is C16H26N2O3. The number of carbonyl (C=O) groups excluding carboxylic acids is 1. The topological polar surface area (TPSA) is 70.6 Å². The number of rotatable bonds is 8. The Hall–Kier alpha value is -1.75. The number of ether oxygens (including phenoxy) is 1. The number of hydrogen-bond acceptors (Lipinski definition) is 3. The maximum Gasteiger partial charge on any atom is 0.315 e. The number of nitrogens with one attached hydrogen (secondary N) is 2. The molecule has 0 spiro atoms. The maximum atomic E-state index is 11.6. The van der Waals surface area contributed by atoms with Crippen LogP contribution in [0.2, 0.25) is 0 Å². The van der Waals surface area contributed by atoms with Gasteiger partial charge < -0.3 is 20.5 Å². The lowest BCUT2D eigenvalue weighted by atomic mass is 10.1. The molecule has 0 aromatic heterocycles. The lowest BCUT2D eigenvalue weighted by Crippen LogP contribution is -2.39. The number of amides is 2. The quantitative estimate of drug-likeness (QED) is 0.689. The molecule has 0 fully saturated rings. The van der Waals surface area contributed by atoms with Crippen molar-refractivity contribution >= 4 is 6.03 Å². The zero-order chi connectivity index (χ0) is 15.7. The normalized spacial score (nSPS) is 11.8. The molecule has 5 nitrogen and oxygen atoms in total. The third-order valence-electron chi connectivity index (χ3n) is 3.11. The molecule has 0 radical (unpaired) electrons. The summed E-state index contributed by atoms with van der Waals surface area (Å²) in [5, 5.41) is 15.0. The smallest absolute Gasteiger partial charge is 0.315 e. The van der Waals surface area contributed by atoms with Gasteiger partial charge in [-0.05, 0) is 37.5 Å². The fourth-order valence-electron chi connectivity index (χ4n) is 2.03. The van der Waals surface area contributed by atoms with Crippen molar-refractivity contribution in [1.82, 2.24) is 10.6 Å². The summed E-state index contributed by atoms with van der Waals surface area (Å²) in [4.78, 5) is 11.6. The van der Waals surface area contributed by atoms with E-state index in [4.69, 9.17) is 4.74 Å². The number of carbonyl (C=O) groups is 1. The second-order valence-electron chi connectivity index (χ2n) is 5.04. The highest BCUT2D eigenvalue weighted by Gasteiger charge is 2.06. The Balaban J connectivity index is 2.37. The highest BCUT2D eigenvalue weighted by Crippen LogP contribution is 2.18. The molecule has 3 N–H and O–H groups in total. The lowest BCUT2D eigenvalue weighted by Gasteiger charge is -2.12. The summed E-state index contributed by atoms with van der Waals surface area (Å²) in [6.07, 6.45) is 1.11. The molecule has 5 heteroatoms. The molecule has 118 valence electrons. The van der Waals surface area contributed by atoms with E-state index in [-0.39, 0.29) is 12.6 Å². The van der Waals surface area contributed by atoms with E-state index in [0.717, 1.165) is 23.3 Å². The van der Waals surface area contributed by atoms with Gasteiger partial charge in [-0.25, -0.2) is 4.79 Å². The Morgan fingerprint density at radius 2 is 2.10 bits per heavy atom. The molecular weight excluding hydrogens is 268 g/mol. The molecule has 1 unspecified atom stereocenters. The molecule has 0 aliphatic rings. The predicted molar refractivity (Wildman–Crippen MR) is 83.5 cm³/mol. The molecule has 1 aromatic rings. The summed E-state index contributed by atoms with van der Waals surface area (Å²) >= 11 is 0. The number of aliphatic hydroxyl groups excluding tert-OH is 1. The van der Waals surface area contributed by atoms with Crippen molar-refractivity contribution in [3.05, 3.63) is 29.3 Å². The van der Waals surface area contributed by atoms with Gasteiger partial charge in [0.05, 0.1) is 12.7 Å². The molecule has 1 rings (SSSR count). The van der Waals surface area contributed by atoms with Gasteiger partial charge in [-0.3, -0.25) is 0 Å². The first kappa shape index (κ1) is 17.3. The van der Waals surface area contributed by atoms with E-state index in [2.05, 4.69) is 10.6 Å². The Bertz CT molecular complexity index is 449. The van der Waals surface area contributed by atoms with E-state index in [9.17, 15) is 9.90 Å². The number of benzene rings is 1. The number of hydrogen-bond donors (Lipinski definition) is 3. The van der Waals surface area contributed by atoms with Gasteiger partial charge in [0.15, 0.2) is 0 Å². The van der Waals surface area contributed by atoms with Crippen molar-refractivity contribution in [3.8, 4) is 5.75 Å². The fraction of sp³-hybridized carbons (Fsp3) is 0.562. The van der Waals surface area contributed by atoms with Crippen LogP contribution in [-0.2, 0) is 6.54 Å². The van der Waals surface area contributed by atoms with Gasteiger partial charge in [0.2, 0.25) is 0 Å². The fourth-order valence-corrected chi connectivity index (χ4v) is 2.03. The van der Waals surface area contributed by atoms with Crippen molar-refractivity contribution in [2.45, 2.75) is 46.3 Å². The monoisotopic (exact) mass is 294 g/mol. The van der Waals surface area contributed by atoms with Gasteiger partial charge in [-0.15, -0.1) is 0 Å². The van der Waals surface area contributed by atoms with Crippen LogP contribution in [0.4, 0.5) is 4.79 Å². The van der Waals surface area contributed by atoms with Crippen molar-refractivity contribution in [3.63, 3.8) is 0 Å². The van der Waals surface area contributed by atoms with Gasteiger partial charge in [0.1, 0.15) is 5.75 Å². The Labute approximate surface area is 126 Å². The Morgan fingerprint density at radius 1 is 1.33 bits per heavy atom. The van der Waals surface area contributed by atoms with Crippen LogP contribution in [0, 0.1) is 6.92 Å². The first-order valence-corrected chi connectivity index (χ1v) is 7.48. The number of aryl methyl sites for hydroxylation is 1. The van der Waals surface area contributed by atoms with E-state index in [1.165, 1.54) is 0 Å². The van der Waals surface area contributed by atoms with Crippen LogP contribution in [0.3, 0.4) is 0 Å². The third-order valence-corrected chi connectivity index (χ3v) is 3.11. The van der Waals surface area contributed by atoms with Gasteiger partial charge in [0, 0.05) is 13.1 Å². The standard InChI is InChI=1S/C16H26N2O3/c1-4-6-14(19)11-18-16(20)17-10-13-7-8-15(21-5-2)12(3)9-13/h7-9,14,19H,4-6,10-11H2,1-3H3,(H2,17,18,20). The minimum atomic E-state index is -0.478. The van der Waals surface area contributed by atoms with E-state index in [1.807, 2.05) is 39.0 Å². The summed E-state index contributed by atoms with van der Waals surface area (Å²) in [5.41, 5.74) is 2.06. The average molecular weight is 294 g/mol. The molecule has 0 aliphatic carbocycles. The highest BCUT2D eigenvalue weighted by molar-refractivity contribution is 5.73. The Morgan fingerprint density at radius 3 is 2.71 bits per heavy atom. The van der Waals surface area contributed by atoms with Crippen LogP contribution in [0.15, 0.2) is 18.2 Å². The van der Waals surface area contributed by atoms with Gasteiger partial charge >= 0.3 is 6.03 Å². The summed E-state index contributed by atoms with van der Waals surface area (Å²) in [6, 6.07) is 5.58. The molecule has 0 bridgehead atoms. The number of aliphatic hydroxyl groups is 1. The van der Waals surface area contributed by atoms with E-state index in [0.29, 0.717) is 19.6 Å². The largest absolute Gasteiger partial charge is 0.494 e.